The number of benzene rings is 2. The van der Waals surface area contributed by atoms with Crippen molar-refractivity contribution < 1.29 is 0 Å². The molecule has 0 aliphatic heterocycles. The molecule has 2 heteroatoms. The van der Waals surface area contributed by atoms with Gasteiger partial charge in [-0.3, -0.25) is 0 Å². The Labute approximate surface area is 135 Å². The van der Waals surface area contributed by atoms with Crippen LogP contribution in [0.5, 0.6) is 0 Å². The summed E-state index contributed by atoms with van der Waals surface area (Å²) in [6, 6.07) is 18.9. The van der Waals surface area contributed by atoms with Crippen molar-refractivity contribution in [3.63, 3.8) is 0 Å². The first-order valence-electron chi connectivity index (χ1n) is 8.42. The van der Waals surface area contributed by atoms with Gasteiger partial charge in [0.1, 0.15) is 0 Å². The number of nitrogen functional groups attached to an aromatic ring is 1. The average Bonchev–Trinajstić information content (AvgIpc) is 2.57. The Kier molecular flexibility index (Phi) is 6.32. The lowest BCUT2D eigenvalue weighted by Gasteiger charge is -2.29. The first kappa shape index (κ1) is 16.4. The van der Waals surface area contributed by atoms with Crippen molar-refractivity contribution >= 4 is 17.1 Å². The smallest absolute Gasteiger partial charge is 0.0412 e. The summed E-state index contributed by atoms with van der Waals surface area (Å²) in [7, 11) is 0. The van der Waals surface area contributed by atoms with E-state index in [-0.39, 0.29) is 0 Å². The van der Waals surface area contributed by atoms with E-state index in [1.807, 2.05) is 12.1 Å². The lowest BCUT2D eigenvalue weighted by molar-refractivity contribution is 0.458. The summed E-state index contributed by atoms with van der Waals surface area (Å²) >= 11 is 0. The van der Waals surface area contributed by atoms with Gasteiger partial charge in [0.25, 0.3) is 0 Å². The second kappa shape index (κ2) is 8.47. The van der Waals surface area contributed by atoms with Crippen LogP contribution in [0.4, 0.5) is 17.1 Å². The van der Waals surface area contributed by atoms with E-state index >= 15 is 0 Å². The highest BCUT2D eigenvalue weighted by atomic mass is 15.1. The second-order valence-corrected chi connectivity index (χ2v) is 5.95. The van der Waals surface area contributed by atoms with Crippen molar-refractivity contribution in [2.24, 2.45) is 5.92 Å². The minimum absolute atomic E-state index is 0.720. The molecular weight excluding hydrogens is 268 g/mol. The zero-order valence-electron chi connectivity index (χ0n) is 13.8. The van der Waals surface area contributed by atoms with Gasteiger partial charge in [-0.25, -0.2) is 0 Å². The van der Waals surface area contributed by atoms with Gasteiger partial charge < -0.3 is 10.6 Å². The zero-order valence-corrected chi connectivity index (χ0v) is 13.8. The molecule has 2 nitrogen and oxygen atoms in total. The molecule has 1 atom stereocenters. The van der Waals surface area contributed by atoms with Crippen molar-refractivity contribution in [2.45, 2.75) is 39.5 Å². The Morgan fingerprint density at radius 2 is 1.55 bits per heavy atom. The number of nitrogens with zero attached hydrogens (tertiary/aromatic N) is 1. The van der Waals surface area contributed by atoms with Crippen LogP contribution in [0.15, 0.2) is 54.6 Å². The Bertz CT molecular complexity index is 533. The van der Waals surface area contributed by atoms with Crippen LogP contribution in [0.1, 0.15) is 39.5 Å². The fraction of sp³-hybridized carbons (Fsp3) is 0.400. The molecule has 2 aromatic rings. The third-order valence-electron chi connectivity index (χ3n) is 4.26. The maximum Gasteiger partial charge on any atom is 0.0412 e. The summed E-state index contributed by atoms with van der Waals surface area (Å²) in [6.45, 7) is 5.62. The molecular formula is C20H28N2. The largest absolute Gasteiger partial charge is 0.399 e. The van der Waals surface area contributed by atoms with Gasteiger partial charge in [-0.2, -0.15) is 0 Å². The lowest BCUT2D eigenvalue weighted by atomic mass is 9.98. The minimum atomic E-state index is 0.720. The molecule has 0 radical (unpaired) electrons. The molecule has 0 bridgehead atoms. The molecule has 2 aromatic carbocycles. The van der Waals surface area contributed by atoms with Crippen LogP contribution in [0.3, 0.4) is 0 Å². The molecule has 0 spiro atoms. The molecule has 0 aliphatic rings. The predicted octanol–water partition coefficient (Wildman–Crippen LogP) is 5.62. The average molecular weight is 296 g/mol. The number of nitrogens with two attached hydrogens (primary N) is 1. The van der Waals surface area contributed by atoms with Crippen LogP contribution < -0.4 is 10.6 Å². The van der Waals surface area contributed by atoms with Gasteiger partial charge in [-0.15, -0.1) is 0 Å². The van der Waals surface area contributed by atoms with Crippen LogP contribution in [0.2, 0.25) is 0 Å². The van der Waals surface area contributed by atoms with Crippen molar-refractivity contribution in [1.82, 2.24) is 0 Å². The fourth-order valence-corrected chi connectivity index (χ4v) is 2.80. The predicted molar refractivity (Wildman–Crippen MR) is 97.6 cm³/mol. The van der Waals surface area contributed by atoms with E-state index < -0.39 is 0 Å². The first-order chi connectivity index (χ1) is 10.7. The van der Waals surface area contributed by atoms with Crippen molar-refractivity contribution in [2.75, 3.05) is 17.2 Å². The molecule has 0 aliphatic carbocycles. The molecule has 0 amide bonds. The number of rotatable bonds is 8. The van der Waals surface area contributed by atoms with E-state index in [9.17, 15) is 0 Å². The molecule has 0 heterocycles. The Hall–Kier alpha value is -1.96. The molecule has 2 rings (SSSR count). The maximum absolute atomic E-state index is 5.84. The highest BCUT2D eigenvalue weighted by Gasteiger charge is 2.15. The topological polar surface area (TPSA) is 29.3 Å². The summed E-state index contributed by atoms with van der Waals surface area (Å²) in [5, 5.41) is 0. The van der Waals surface area contributed by atoms with E-state index in [0.29, 0.717) is 0 Å². The van der Waals surface area contributed by atoms with Crippen LogP contribution in [-0.4, -0.2) is 6.54 Å². The quantitative estimate of drug-likeness (QED) is 0.640. The molecule has 1 unspecified atom stereocenters. The standard InChI is InChI=1S/C20H28N2/c1-3-5-9-17(4-2)16-22(19-10-7-6-8-11-19)20-14-12-18(21)13-15-20/h6-8,10-15,17H,3-5,9,16,21H2,1-2H3. The first-order valence-corrected chi connectivity index (χ1v) is 8.42. The maximum atomic E-state index is 5.84. The Morgan fingerprint density at radius 3 is 2.14 bits per heavy atom. The highest BCUT2D eigenvalue weighted by Crippen LogP contribution is 2.28. The summed E-state index contributed by atoms with van der Waals surface area (Å²) in [4.78, 5) is 2.42. The third kappa shape index (κ3) is 4.52. The highest BCUT2D eigenvalue weighted by molar-refractivity contribution is 5.64. The number of hydrogen-bond donors (Lipinski definition) is 1. The second-order valence-electron chi connectivity index (χ2n) is 5.95. The number of para-hydroxylation sites is 1. The van der Waals surface area contributed by atoms with Crippen LogP contribution >= 0.6 is 0 Å². The molecule has 0 aromatic heterocycles. The fourth-order valence-electron chi connectivity index (χ4n) is 2.80. The van der Waals surface area contributed by atoms with Gasteiger partial charge in [-0.05, 0) is 48.7 Å². The SMILES string of the molecule is CCCCC(CC)CN(c1ccccc1)c1ccc(N)cc1. The molecule has 118 valence electrons. The molecule has 2 N–H and O–H groups in total. The third-order valence-corrected chi connectivity index (χ3v) is 4.26. The van der Waals surface area contributed by atoms with E-state index in [4.69, 9.17) is 5.73 Å². The van der Waals surface area contributed by atoms with E-state index in [1.54, 1.807) is 0 Å². The monoisotopic (exact) mass is 296 g/mol. The normalized spacial score (nSPS) is 12.1. The van der Waals surface area contributed by atoms with E-state index in [1.165, 1.54) is 37.1 Å². The minimum Gasteiger partial charge on any atom is -0.399 e. The molecule has 0 fully saturated rings. The van der Waals surface area contributed by atoms with Crippen molar-refractivity contribution in [3.05, 3.63) is 54.6 Å². The summed E-state index contributed by atoms with van der Waals surface area (Å²) in [6.07, 6.45) is 5.09. The molecule has 0 saturated heterocycles. The number of anilines is 3. The van der Waals surface area contributed by atoms with Gasteiger partial charge in [0, 0.05) is 23.6 Å². The summed E-state index contributed by atoms with van der Waals surface area (Å²) < 4.78 is 0. The zero-order chi connectivity index (χ0) is 15.8. The van der Waals surface area contributed by atoms with Crippen LogP contribution in [0, 0.1) is 5.92 Å². The summed E-state index contributed by atoms with van der Waals surface area (Å²) in [5.74, 6) is 0.720. The molecule has 22 heavy (non-hydrogen) atoms. The van der Waals surface area contributed by atoms with Crippen LogP contribution in [0.25, 0.3) is 0 Å². The van der Waals surface area contributed by atoms with Gasteiger partial charge >= 0.3 is 0 Å². The van der Waals surface area contributed by atoms with Gasteiger partial charge in [0.2, 0.25) is 0 Å². The van der Waals surface area contributed by atoms with Gasteiger partial charge in [0.05, 0.1) is 0 Å². The van der Waals surface area contributed by atoms with Crippen LogP contribution in [-0.2, 0) is 0 Å². The lowest BCUT2D eigenvalue weighted by Crippen LogP contribution is -2.25. The van der Waals surface area contributed by atoms with E-state index in [2.05, 4.69) is 61.2 Å². The number of hydrogen-bond acceptors (Lipinski definition) is 2. The Morgan fingerprint density at radius 1 is 0.909 bits per heavy atom. The van der Waals surface area contributed by atoms with Gasteiger partial charge in [-0.1, -0.05) is 51.3 Å². The molecule has 0 saturated carbocycles. The number of unbranched alkanes of at least 4 members (excludes halogenated alkanes) is 1. The van der Waals surface area contributed by atoms with E-state index in [0.717, 1.165) is 18.2 Å². The summed E-state index contributed by atoms with van der Waals surface area (Å²) in [5.41, 5.74) is 9.12. The Balaban J connectivity index is 2.23. The van der Waals surface area contributed by atoms with Gasteiger partial charge in [0.15, 0.2) is 0 Å². The van der Waals surface area contributed by atoms with Crippen molar-refractivity contribution in [1.29, 1.82) is 0 Å². The van der Waals surface area contributed by atoms with Crippen molar-refractivity contribution in [3.8, 4) is 0 Å².